The third kappa shape index (κ3) is 3.48. The Balaban J connectivity index is 1.79. The predicted octanol–water partition coefficient (Wildman–Crippen LogP) is 5.62. The lowest BCUT2D eigenvalue weighted by molar-refractivity contribution is 0.0724. The monoisotopic (exact) mass is 378 g/mol. The number of aromatic nitrogens is 1. The zero-order valence-electron chi connectivity index (χ0n) is 17.0. The summed E-state index contributed by atoms with van der Waals surface area (Å²) in [7, 11) is 1.71. The average molecular weight is 379 g/mol. The van der Waals surface area contributed by atoms with Gasteiger partial charge in [0.05, 0.1) is 12.6 Å². The number of piperidine rings is 1. The van der Waals surface area contributed by atoms with Crippen LogP contribution in [0.5, 0.6) is 5.75 Å². The first-order valence-electron chi connectivity index (χ1n) is 10.6. The number of nitrogens with zero attached hydrogens (tertiary/aromatic N) is 2. The van der Waals surface area contributed by atoms with E-state index in [2.05, 4.69) is 35.8 Å². The van der Waals surface area contributed by atoms with Crippen LogP contribution in [-0.2, 0) is 6.54 Å². The number of aryl methyl sites for hydroxylation is 1. The molecule has 1 saturated heterocycles. The molecular weight excluding hydrogens is 348 g/mol. The van der Waals surface area contributed by atoms with E-state index >= 15 is 0 Å². The van der Waals surface area contributed by atoms with Gasteiger partial charge in [0.1, 0.15) is 5.75 Å². The van der Waals surface area contributed by atoms with E-state index < -0.39 is 0 Å². The Hall–Kier alpha value is -2.49. The topological polar surface area (TPSA) is 34.5 Å². The quantitative estimate of drug-likeness (QED) is 0.522. The molecule has 0 N–H and O–H groups in total. The normalized spacial score (nSPS) is 14.7. The van der Waals surface area contributed by atoms with Crippen molar-refractivity contribution in [2.45, 2.75) is 52.0 Å². The van der Waals surface area contributed by atoms with Gasteiger partial charge in [-0.1, -0.05) is 19.8 Å². The maximum absolute atomic E-state index is 13.0. The zero-order chi connectivity index (χ0) is 19.5. The van der Waals surface area contributed by atoms with Crippen LogP contribution >= 0.6 is 0 Å². The molecule has 1 aliphatic heterocycles. The fraction of sp³-hybridized carbons (Fsp3) is 0.458. The lowest BCUT2D eigenvalue weighted by Crippen LogP contribution is -2.35. The fourth-order valence-corrected chi connectivity index (χ4v) is 4.38. The molecule has 0 bridgehead atoms. The molecular formula is C24H30N2O2. The van der Waals surface area contributed by atoms with Gasteiger partial charge in [0.15, 0.2) is 0 Å². The number of fused-ring (bicyclic) bond motifs is 3. The third-order valence-corrected chi connectivity index (χ3v) is 5.95. The molecule has 3 aromatic rings. The number of carbonyl (C=O) groups is 1. The van der Waals surface area contributed by atoms with Crippen LogP contribution in [0.2, 0.25) is 0 Å². The molecule has 0 spiro atoms. The Labute approximate surface area is 167 Å². The number of likely N-dealkylation sites (tertiary alicyclic amines) is 1. The highest BCUT2D eigenvalue weighted by atomic mass is 16.5. The summed E-state index contributed by atoms with van der Waals surface area (Å²) in [4.78, 5) is 15.0. The van der Waals surface area contributed by atoms with Crippen molar-refractivity contribution >= 4 is 27.7 Å². The van der Waals surface area contributed by atoms with Gasteiger partial charge in [-0.15, -0.1) is 0 Å². The van der Waals surface area contributed by atoms with E-state index in [0.717, 1.165) is 55.6 Å². The maximum atomic E-state index is 13.0. The summed E-state index contributed by atoms with van der Waals surface area (Å²) in [6, 6.07) is 12.5. The van der Waals surface area contributed by atoms with E-state index in [1.165, 1.54) is 35.7 Å². The number of rotatable bonds is 6. The molecule has 28 heavy (non-hydrogen) atoms. The number of amides is 1. The molecule has 0 saturated carbocycles. The lowest BCUT2D eigenvalue weighted by Gasteiger charge is -2.26. The standard InChI is InChI=1S/C24H30N2O2/c1-3-4-6-15-26-22-12-9-18(24(27)25-13-7-5-8-14-25)16-21(22)20-11-10-19(28-2)17-23(20)26/h9-12,16-17H,3-8,13-15H2,1-2H3. The number of unbranched alkanes of at least 4 members (excludes halogenated alkanes) is 2. The van der Waals surface area contributed by atoms with Gasteiger partial charge in [0, 0.05) is 47.6 Å². The second-order valence-electron chi connectivity index (χ2n) is 7.83. The summed E-state index contributed by atoms with van der Waals surface area (Å²) in [5.41, 5.74) is 3.19. The van der Waals surface area contributed by atoms with Crippen molar-refractivity contribution in [1.29, 1.82) is 0 Å². The Kier molecular flexibility index (Phi) is 5.56. The number of carbonyl (C=O) groups excluding carboxylic acids is 1. The predicted molar refractivity (Wildman–Crippen MR) is 115 cm³/mol. The summed E-state index contributed by atoms with van der Waals surface area (Å²) >= 11 is 0. The van der Waals surface area contributed by atoms with Crippen LogP contribution in [-0.4, -0.2) is 35.6 Å². The van der Waals surface area contributed by atoms with Crippen molar-refractivity contribution in [3.05, 3.63) is 42.0 Å². The van der Waals surface area contributed by atoms with E-state index in [9.17, 15) is 4.79 Å². The van der Waals surface area contributed by atoms with E-state index in [1.54, 1.807) is 7.11 Å². The number of hydrogen-bond acceptors (Lipinski definition) is 2. The highest BCUT2D eigenvalue weighted by Gasteiger charge is 2.20. The Morgan fingerprint density at radius 3 is 2.54 bits per heavy atom. The highest BCUT2D eigenvalue weighted by molar-refractivity contribution is 6.11. The van der Waals surface area contributed by atoms with Crippen molar-refractivity contribution in [3.63, 3.8) is 0 Å². The fourth-order valence-electron chi connectivity index (χ4n) is 4.38. The molecule has 1 aromatic heterocycles. The summed E-state index contributed by atoms with van der Waals surface area (Å²) in [6.45, 7) is 4.98. The summed E-state index contributed by atoms with van der Waals surface area (Å²) in [5.74, 6) is 1.04. The van der Waals surface area contributed by atoms with Crippen molar-refractivity contribution in [1.82, 2.24) is 9.47 Å². The number of ether oxygens (including phenoxy) is 1. The van der Waals surface area contributed by atoms with Gasteiger partial charge in [0.25, 0.3) is 5.91 Å². The summed E-state index contributed by atoms with van der Waals surface area (Å²) < 4.78 is 7.85. The molecule has 4 nitrogen and oxygen atoms in total. The van der Waals surface area contributed by atoms with Crippen molar-refractivity contribution in [2.24, 2.45) is 0 Å². The number of methoxy groups -OCH3 is 1. The van der Waals surface area contributed by atoms with E-state index in [1.807, 2.05) is 17.0 Å². The lowest BCUT2D eigenvalue weighted by atomic mass is 10.1. The molecule has 1 fully saturated rings. The van der Waals surface area contributed by atoms with Crippen molar-refractivity contribution < 1.29 is 9.53 Å². The minimum Gasteiger partial charge on any atom is -0.497 e. The van der Waals surface area contributed by atoms with Crippen LogP contribution in [0.15, 0.2) is 36.4 Å². The second-order valence-corrected chi connectivity index (χ2v) is 7.83. The van der Waals surface area contributed by atoms with Gasteiger partial charge in [0.2, 0.25) is 0 Å². The molecule has 0 atom stereocenters. The zero-order valence-corrected chi connectivity index (χ0v) is 17.0. The van der Waals surface area contributed by atoms with Crippen LogP contribution in [0.25, 0.3) is 21.8 Å². The molecule has 4 rings (SSSR count). The van der Waals surface area contributed by atoms with Gasteiger partial charge >= 0.3 is 0 Å². The number of hydrogen-bond donors (Lipinski definition) is 0. The maximum Gasteiger partial charge on any atom is 0.253 e. The Morgan fingerprint density at radius 2 is 1.79 bits per heavy atom. The van der Waals surface area contributed by atoms with Crippen LogP contribution in [0.1, 0.15) is 55.8 Å². The van der Waals surface area contributed by atoms with Gasteiger partial charge in [-0.25, -0.2) is 0 Å². The minimum absolute atomic E-state index is 0.169. The van der Waals surface area contributed by atoms with E-state index in [4.69, 9.17) is 4.74 Å². The van der Waals surface area contributed by atoms with Gasteiger partial charge in [-0.3, -0.25) is 4.79 Å². The molecule has 148 valence electrons. The van der Waals surface area contributed by atoms with E-state index in [-0.39, 0.29) is 5.91 Å². The van der Waals surface area contributed by atoms with Crippen LogP contribution in [0, 0.1) is 0 Å². The molecule has 0 unspecified atom stereocenters. The van der Waals surface area contributed by atoms with Gasteiger partial charge in [-0.2, -0.15) is 0 Å². The Bertz CT molecular complexity index is 983. The smallest absolute Gasteiger partial charge is 0.253 e. The van der Waals surface area contributed by atoms with Crippen molar-refractivity contribution in [3.8, 4) is 5.75 Å². The van der Waals surface area contributed by atoms with Crippen LogP contribution in [0.4, 0.5) is 0 Å². The molecule has 1 amide bonds. The van der Waals surface area contributed by atoms with Crippen LogP contribution < -0.4 is 4.74 Å². The average Bonchev–Trinajstić information content (AvgIpc) is 3.06. The SMILES string of the molecule is CCCCCn1c2ccc(C(=O)N3CCCCC3)cc2c2ccc(OC)cc21. The highest BCUT2D eigenvalue weighted by Crippen LogP contribution is 2.33. The molecule has 2 aromatic carbocycles. The van der Waals surface area contributed by atoms with Crippen molar-refractivity contribution in [2.75, 3.05) is 20.2 Å². The summed E-state index contributed by atoms with van der Waals surface area (Å²) in [5, 5.41) is 2.36. The largest absolute Gasteiger partial charge is 0.497 e. The summed E-state index contributed by atoms with van der Waals surface area (Å²) in [6.07, 6.45) is 7.04. The molecule has 1 aliphatic rings. The van der Waals surface area contributed by atoms with Crippen LogP contribution in [0.3, 0.4) is 0 Å². The molecule has 0 radical (unpaired) electrons. The third-order valence-electron chi connectivity index (χ3n) is 5.95. The first-order valence-corrected chi connectivity index (χ1v) is 10.6. The first-order chi connectivity index (χ1) is 13.7. The minimum atomic E-state index is 0.169. The number of benzene rings is 2. The van der Waals surface area contributed by atoms with Gasteiger partial charge in [-0.05, 0) is 56.0 Å². The molecule has 0 aliphatic carbocycles. The Morgan fingerprint density at radius 1 is 0.964 bits per heavy atom. The second kappa shape index (κ2) is 8.26. The first kappa shape index (κ1) is 18.9. The van der Waals surface area contributed by atoms with E-state index in [0.29, 0.717) is 0 Å². The molecule has 4 heteroatoms. The van der Waals surface area contributed by atoms with Gasteiger partial charge < -0.3 is 14.2 Å². The molecule has 2 heterocycles.